The van der Waals surface area contributed by atoms with Gasteiger partial charge in [0.05, 0.1) is 17.3 Å². The fourth-order valence-corrected chi connectivity index (χ4v) is 6.21. The van der Waals surface area contributed by atoms with Gasteiger partial charge in [-0.25, -0.2) is 0 Å². The zero-order valence-corrected chi connectivity index (χ0v) is 19.9. The van der Waals surface area contributed by atoms with Crippen LogP contribution in [0.25, 0.3) is 5.57 Å². The highest BCUT2D eigenvalue weighted by atomic mass is 79.9. The van der Waals surface area contributed by atoms with Crippen LogP contribution in [0.15, 0.2) is 40.4 Å². The van der Waals surface area contributed by atoms with Crippen LogP contribution >= 0.6 is 15.9 Å². The number of rotatable bonds is 1. The van der Waals surface area contributed by atoms with Gasteiger partial charge in [0.15, 0.2) is 5.78 Å². The van der Waals surface area contributed by atoms with Crippen molar-refractivity contribution in [3.05, 3.63) is 68.2 Å². The van der Waals surface area contributed by atoms with E-state index in [1.807, 2.05) is 24.3 Å². The van der Waals surface area contributed by atoms with Crippen molar-refractivity contribution in [2.45, 2.75) is 51.6 Å². The molecule has 2 atom stereocenters. The summed E-state index contributed by atoms with van der Waals surface area (Å²) in [6, 6.07) is 13.0. The van der Waals surface area contributed by atoms with Gasteiger partial charge in [0, 0.05) is 46.2 Å². The van der Waals surface area contributed by atoms with Crippen LogP contribution in [0.4, 0.5) is 5.69 Å². The van der Waals surface area contributed by atoms with E-state index in [0.717, 1.165) is 57.5 Å². The molecule has 0 bridgehead atoms. The molecule has 1 aliphatic heterocycles. The van der Waals surface area contributed by atoms with E-state index in [4.69, 9.17) is 0 Å². The molecule has 2 aromatic rings. The molecule has 4 nitrogen and oxygen atoms in total. The third-order valence-electron chi connectivity index (χ3n) is 7.06. The molecule has 0 amide bonds. The fourth-order valence-electron chi connectivity index (χ4n) is 5.62. The second kappa shape index (κ2) is 7.05. The van der Waals surface area contributed by atoms with Gasteiger partial charge in [-0.15, -0.1) is 0 Å². The number of hydrogen-bond acceptors (Lipinski definition) is 4. The highest BCUT2D eigenvalue weighted by Crippen LogP contribution is 2.51. The van der Waals surface area contributed by atoms with Crippen molar-refractivity contribution < 1.29 is 4.79 Å². The molecular weight excluding hydrogens is 450 g/mol. The second-order valence-electron chi connectivity index (χ2n) is 9.69. The Kier molecular flexibility index (Phi) is 4.66. The van der Waals surface area contributed by atoms with Crippen LogP contribution in [0.1, 0.15) is 60.3 Å². The van der Waals surface area contributed by atoms with Crippen LogP contribution in [-0.2, 0) is 11.8 Å². The van der Waals surface area contributed by atoms with E-state index in [1.165, 1.54) is 5.57 Å². The smallest absolute Gasteiger partial charge is 0.193 e. The average molecular weight is 476 g/mol. The van der Waals surface area contributed by atoms with Crippen LogP contribution in [0, 0.1) is 11.3 Å². The standard InChI is InChI=1S/C26H26BrN3O/c1-14-12-30(13-15(2)29-14)23-10-20-19(9-22(23)27)25(31)24-18-6-5-16(11-28)7-17(18)8-21(24)26(20,3)4/h5-7,9-10,14-15,29H,8,12-13H2,1-4H3/t14-,15+. The van der Waals surface area contributed by atoms with Gasteiger partial charge in [-0.1, -0.05) is 19.9 Å². The normalized spacial score (nSPS) is 23.9. The van der Waals surface area contributed by atoms with Gasteiger partial charge in [-0.3, -0.25) is 4.79 Å². The predicted octanol–water partition coefficient (Wildman–Crippen LogP) is 4.99. The number of hydrogen-bond donors (Lipinski definition) is 1. The van der Waals surface area contributed by atoms with E-state index in [1.54, 1.807) is 0 Å². The number of anilines is 1. The van der Waals surface area contributed by atoms with E-state index in [0.29, 0.717) is 17.6 Å². The van der Waals surface area contributed by atoms with Gasteiger partial charge >= 0.3 is 0 Å². The van der Waals surface area contributed by atoms with Gasteiger partial charge in [-0.2, -0.15) is 5.26 Å². The summed E-state index contributed by atoms with van der Waals surface area (Å²) < 4.78 is 0.971. The Morgan fingerprint density at radius 1 is 1.13 bits per heavy atom. The average Bonchev–Trinajstić information content (AvgIpc) is 3.11. The molecule has 31 heavy (non-hydrogen) atoms. The lowest BCUT2D eigenvalue weighted by Crippen LogP contribution is -2.54. The van der Waals surface area contributed by atoms with Crippen molar-refractivity contribution in [3.8, 4) is 6.07 Å². The minimum atomic E-state index is -0.259. The van der Waals surface area contributed by atoms with Crippen molar-refractivity contribution in [2.75, 3.05) is 18.0 Å². The minimum absolute atomic E-state index is 0.0991. The number of allylic oxidation sites excluding steroid dienone is 2. The lowest BCUT2D eigenvalue weighted by Gasteiger charge is -2.40. The van der Waals surface area contributed by atoms with Gasteiger partial charge in [0.2, 0.25) is 0 Å². The van der Waals surface area contributed by atoms with Crippen LogP contribution in [0.5, 0.6) is 0 Å². The molecule has 1 saturated heterocycles. The van der Waals surface area contributed by atoms with Crippen molar-refractivity contribution >= 4 is 33.0 Å². The Morgan fingerprint density at radius 2 is 1.84 bits per heavy atom. The highest BCUT2D eigenvalue weighted by Gasteiger charge is 2.43. The maximum atomic E-state index is 13.7. The number of nitrogens with one attached hydrogen (secondary N) is 1. The maximum absolute atomic E-state index is 13.7. The maximum Gasteiger partial charge on any atom is 0.193 e. The third-order valence-corrected chi connectivity index (χ3v) is 7.69. The van der Waals surface area contributed by atoms with E-state index >= 15 is 0 Å². The lowest BCUT2D eigenvalue weighted by molar-refractivity contribution is 0.105. The summed E-state index contributed by atoms with van der Waals surface area (Å²) in [6.07, 6.45) is 0.728. The van der Waals surface area contributed by atoms with E-state index in [2.05, 4.69) is 66.0 Å². The Labute approximate surface area is 192 Å². The molecule has 0 radical (unpaired) electrons. The highest BCUT2D eigenvalue weighted by molar-refractivity contribution is 9.10. The first-order chi connectivity index (χ1) is 14.7. The number of ketones is 1. The van der Waals surface area contributed by atoms with Gasteiger partial charge in [0.1, 0.15) is 0 Å². The zero-order valence-electron chi connectivity index (χ0n) is 18.3. The number of piperazine rings is 1. The summed E-state index contributed by atoms with van der Waals surface area (Å²) in [5.41, 5.74) is 7.51. The molecule has 0 saturated carbocycles. The molecule has 5 heteroatoms. The molecule has 1 fully saturated rings. The number of halogens is 1. The fraction of sp³-hybridized carbons (Fsp3) is 0.385. The first kappa shape index (κ1) is 20.5. The summed E-state index contributed by atoms with van der Waals surface area (Å²) in [6.45, 7) is 10.8. The first-order valence-corrected chi connectivity index (χ1v) is 11.7. The SMILES string of the molecule is C[C@@H]1CN(c2cc3c(cc2Br)C(=O)C2=C(Cc4cc(C#N)ccc42)C3(C)C)C[C@H](C)N1. The molecule has 5 rings (SSSR count). The van der Waals surface area contributed by atoms with Gasteiger partial charge < -0.3 is 10.2 Å². The largest absolute Gasteiger partial charge is 0.368 e. The molecular formula is C26H26BrN3O. The second-order valence-corrected chi connectivity index (χ2v) is 10.5. The summed E-state index contributed by atoms with van der Waals surface area (Å²) in [4.78, 5) is 16.1. The number of fused-ring (bicyclic) bond motifs is 3. The van der Waals surface area contributed by atoms with Crippen molar-refractivity contribution in [1.82, 2.24) is 5.32 Å². The molecule has 0 aromatic heterocycles. The van der Waals surface area contributed by atoms with Crippen molar-refractivity contribution in [2.24, 2.45) is 0 Å². The number of carbonyl (C=O) groups excluding carboxylic acids is 1. The summed E-state index contributed by atoms with van der Waals surface area (Å²) in [5, 5.41) is 12.9. The van der Waals surface area contributed by atoms with Crippen molar-refractivity contribution in [1.29, 1.82) is 5.26 Å². The number of nitrogens with zero attached hydrogens (tertiary/aromatic N) is 2. The third kappa shape index (κ3) is 3.08. The lowest BCUT2D eigenvalue weighted by atomic mass is 9.68. The molecule has 0 spiro atoms. The Balaban J connectivity index is 1.62. The monoisotopic (exact) mass is 475 g/mol. The number of benzene rings is 2. The Hall–Kier alpha value is -2.42. The summed E-state index contributed by atoms with van der Waals surface area (Å²) in [7, 11) is 0. The van der Waals surface area contributed by atoms with E-state index in [-0.39, 0.29) is 11.2 Å². The number of Topliss-reactive ketones (excluding diaryl/α,β-unsaturated/α-hetero) is 1. The van der Waals surface area contributed by atoms with E-state index in [9.17, 15) is 10.1 Å². The number of nitriles is 1. The van der Waals surface area contributed by atoms with E-state index < -0.39 is 0 Å². The summed E-state index contributed by atoms with van der Waals surface area (Å²) >= 11 is 3.77. The minimum Gasteiger partial charge on any atom is -0.368 e. The summed E-state index contributed by atoms with van der Waals surface area (Å²) in [5.74, 6) is 0.0991. The quantitative estimate of drug-likeness (QED) is 0.630. The van der Waals surface area contributed by atoms with Crippen LogP contribution < -0.4 is 10.2 Å². The topological polar surface area (TPSA) is 56.1 Å². The van der Waals surface area contributed by atoms with Crippen molar-refractivity contribution in [3.63, 3.8) is 0 Å². The molecule has 1 N–H and O–H groups in total. The molecule has 2 aromatic carbocycles. The molecule has 0 unspecified atom stereocenters. The zero-order chi connectivity index (χ0) is 22.1. The molecule has 158 valence electrons. The van der Waals surface area contributed by atoms with Gasteiger partial charge in [-0.05, 0) is 82.7 Å². The van der Waals surface area contributed by atoms with Gasteiger partial charge in [0.25, 0.3) is 0 Å². The number of carbonyl (C=O) groups is 1. The van der Waals surface area contributed by atoms with Crippen LogP contribution in [-0.4, -0.2) is 31.0 Å². The van der Waals surface area contributed by atoms with Crippen LogP contribution in [0.2, 0.25) is 0 Å². The Morgan fingerprint density at radius 3 is 2.52 bits per heavy atom. The predicted molar refractivity (Wildman–Crippen MR) is 128 cm³/mol. The molecule has 2 aliphatic carbocycles. The Bertz CT molecular complexity index is 1190. The molecule has 1 heterocycles. The molecule has 3 aliphatic rings. The first-order valence-electron chi connectivity index (χ1n) is 10.9. The van der Waals surface area contributed by atoms with Crippen LogP contribution in [0.3, 0.4) is 0 Å².